The summed E-state index contributed by atoms with van der Waals surface area (Å²) >= 11 is 0. The second-order valence-corrected chi connectivity index (χ2v) is 5.12. The van der Waals surface area contributed by atoms with E-state index in [2.05, 4.69) is 5.32 Å². The summed E-state index contributed by atoms with van der Waals surface area (Å²) in [5, 5.41) is 11.1. The van der Waals surface area contributed by atoms with Crippen LogP contribution in [0.3, 0.4) is 0 Å². The number of aliphatic carboxylic acids is 1. The monoisotopic (exact) mass is 290 g/mol. The molecule has 0 unspecified atom stereocenters. The van der Waals surface area contributed by atoms with Gasteiger partial charge in [0, 0.05) is 18.7 Å². The maximum absolute atomic E-state index is 11.7. The molecule has 2 N–H and O–H groups in total. The molecule has 0 aromatic heterocycles. The maximum Gasteiger partial charge on any atom is 0.325 e. The van der Waals surface area contributed by atoms with E-state index in [-0.39, 0.29) is 18.2 Å². The fourth-order valence-corrected chi connectivity index (χ4v) is 2.25. The number of carbonyl (C=O) groups is 3. The van der Waals surface area contributed by atoms with Crippen LogP contribution in [0.4, 0.5) is 5.69 Å². The van der Waals surface area contributed by atoms with Gasteiger partial charge < -0.3 is 15.3 Å². The summed E-state index contributed by atoms with van der Waals surface area (Å²) in [4.78, 5) is 35.7. The van der Waals surface area contributed by atoms with Crippen LogP contribution in [0.25, 0.3) is 0 Å². The molecule has 2 rings (SSSR count). The molecule has 1 aromatic rings. The molecule has 6 heteroatoms. The van der Waals surface area contributed by atoms with E-state index in [9.17, 15) is 14.4 Å². The van der Waals surface area contributed by atoms with Crippen molar-refractivity contribution < 1.29 is 19.5 Å². The maximum atomic E-state index is 11.7. The van der Waals surface area contributed by atoms with E-state index >= 15 is 0 Å². The van der Waals surface area contributed by atoms with Crippen molar-refractivity contribution >= 4 is 23.5 Å². The molecular weight excluding hydrogens is 272 g/mol. The van der Waals surface area contributed by atoms with Gasteiger partial charge in [0.25, 0.3) is 0 Å². The molecule has 0 bridgehead atoms. The molecule has 0 saturated carbocycles. The number of anilines is 1. The molecule has 1 fully saturated rings. The van der Waals surface area contributed by atoms with Gasteiger partial charge in [-0.15, -0.1) is 0 Å². The van der Waals surface area contributed by atoms with Gasteiger partial charge in [0.1, 0.15) is 6.04 Å². The highest BCUT2D eigenvalue weighted by atomic mass is 16.4. The van der Waals surface area contributed by atoms with Crippen molar-refractivity contribution in [3.05, 3.63) is 29.8 Å². The first kappa shape index (κ1) is 15.0. The lowest BCUT2D eigenvalue weighted by molar-refractivity contribution is -0.141. The molecule has 0 spiro atoms. The number of hydrogen-bond acceptors (Lipinski definition) is 3. The van der Waals surface area contributed by atoms with Crippen molar-refractivity contribution in [1.29, 1.82) is 0 Å². The average Bonchev–Trinajstić information content (AvgIpc) is 2.85. The molecule has 6 nitrogen and oxygen atoms in total. The van der Waals surface area contributed by atoms with Gasteiger partial charge in [0.2, 0.25) is 11.8 Å². The Hall–Kier alpha value is -2.37. The van der Waals surface area contributed by atoms with Crippen LogP contribution in [0.2, 0.25) is 0 Å². The number of carboxylic acid groups (broad SMARTS) is 1. The minimum Gasteiger partial charge on any atom is -0.480 e. The number of carboxylic acids is 1. The van der Waals surface area contributed by atoms with E-state index in [4.69, 9.17) is 5.11 Å². The summed E-state index contributed by atoms with van der Waals surface area (Å²) in [6, 6.07) is 6.29. The molecule has 21 heavy (non-hydrogen) atoms. The van der Waals surface area contributed by atoms with Crippen molar-refractivity contribution in [3.8, 4) is 0 Å². The largest absolute Gasteiger partial charge is 0.480 e. The Morgan fingerprint density at radius 3 is 2.52 bits per heavy atom. The zero-order valence-corrected chi connectivity index (χ0v) is 11.8. The molecule has 1 atom stereocenters. The number of nitrogens with one attached hydrogen (secondary N) is 1. The Morgan fingerprint density at radius 2 is 2.00 bits per heavy atom. The van der Waals surface area contributed by atoms with Crippen LogP contribution in [0.15, 0.2) is 24.3 Å². The summed E-state index contributed by atoms with van der Waals surface area (Å²) in [6.07, 6.45) is 1.57. The second kappa shape index (κ2) is 6.39. The highest BCUT2D eigenvalue weighted by molar-refractivity contribution is 5.95. The SMILES string of the molecule is C[C@@H](NC(=O)Cc1ccc(N2CCCC2=O)cc1)C(=O)O. The molecule has 0 radical (unpaired) electrons. The quantitative estimate of drug-likeness (QED) is 0.845. The lowest BCUT2D eigenvalue weighted by Crippen LogP contribution is -2.39. The summed E-state index contributed by atoms with van der Waals surface area (Å²) in [5.41, 5.74) is 1.61. The fraction of sp³-hybridized carbons (Fsp3) is 0.400. The van der Waals surface area contributed by atoms with Crippen LogP contribution in [-0.2, 0) is 20.8 Å². The van der Waals surface area contributed by atoms with Gasteiger partial charge in [0.15, 0.2) is 0 Å². The van der Waals surface area contributed by atoms with Crippen molar-refractivity contribution in [2.75, 3.05) is 11.4 Å². The van der Waals surface area contributed by atoms with Crippen LogP contribution in [0, 0.1) is 0 Å². The molecule has 1 aliphatic rings. The predicted molar refractivity (Wildman–Crippen MR) is 77.0 cm³/mol. The molecule has 1 saturated heterocycles. The number of amides is 2. The number of rotatable bonds is 5. The Morgan fingerprint density at radius 1 is 1.33 bits per heavy atom. The third-order valence-electron chi connectivity index (χ3n) is 3.43. The van der Waals surface area contributed by atoms with Crippen molar-refractivity contribution in [2.45, 2.75) is 32.2 Å². The fourth-order valence-electron chi connectivity index (χ4n) is 2.25. The Bertz CT molecular complexity index is 553. The smallest absolute Gasteiger partial charge is 0.325 e. The first-order valence-corrected chi connectivity index (χ1v) is 6.89. The van der Waals surface area contributed by atoms with E-state index in [1.807, 2.05) is 12.1 Å². The zero-order chi connectivity index (χ0) is 15.4. The molecule has 1 heterocycles. The molecule has 1 aliphatic heterocycles. The summed E-state index contributed by atoms with van der Waals surface area (Å²) in [5.74, 6) is -1.28. The summed E-state index contributed by atoms with van der Waals surface area (Å²) in [7, 11) is 0. The predicted octanol–water partition coefficient (Wildman–Crippen LogP) is 0.945. The lowest BCUT2D eigenvalue weighted by Gasteiger charge is -2.16. The summed E-state index contributed by atoms with van der Waals surface area (Å²) < 4.78 is 0. The van der Waals surface area contributed by atoms with Crippen LogP contribution in [0.1, 0.15) is 25.3 Å². The zero-order valence-electron chi connectivity index (χ0n) is 11.8. The minimum atomic E-state index is -1.06. The van der Waals surface area contributed by atoms with Gasteiger partial charge in [-0.1, -0.05) is 12.1 Å². The van der Waals surface area contributed by atoms with Gasteiger partial charge in [0.05, 0.1) is 6.42 Å². The van der Waals surface area contributed by atoms with E-state index in [1.54, 1.807) is 17.0 Å². The third kappa shape index (κ3) is 3.81. The molecule has 0 aliphatic carbocycles. The first-order valence-electron chi connectivity index (χ1n) is 6.89. The van der Waals surface area contributed by atoms with Crippen LogP contribution in [0.5, 0.6) is 0 Å². The standard InChI is InChI=1S/C15H18N2O4/c1-10(15(20)21)16-13(18)9-11-4-6-12(7-5-11)17-8-2-3-14(17)19/h4-7,10H,2-3,8-9H2,1H3,(H,16,18)(H,20,21)/t10-/m1/s1. The number of nitrogens with zero attached hydrogens (tertiary/aromatic N) is 1. The number of benzene rings is 1. The van der Waals surface area contributed by atoms with E-state index in [1.165, 1.54) is 6.92 Å². The normalized spacial score (nSPS) is 15.9. The van der Waals surface area contributed by atoms with Crippen molar-refractivity contribution in [2.24, 2.45) is 0 Å². The number of carbonyl (C=O) groups excluding carboxylic acids is 2. The summed E-state index contributed by atoms with van der Waals surface area (Å²) in [6.45, 7) is 2.15. The van der Waals surface area contributed by atoms with Gasteiger partial charge in [-0.25, -0.2) is 0 Å². The van der Waals surface area contributed by atoms with E-state index in [0.717, 1.165) is 24.2 Å². The third-order valence-corrected chi connectivity index (χ3v) is 3.43. The van der Waals surface area contributed by atoms with Crippen LogP contribution in [-0.4, -0.2) is 35.5 Å². The molecule has 1 aromatic carbocycles. The topological polar surface area (TPSA) is 86.7 Å². The first-order chi connectivity index (χ1) is 9.97. The van der Waals surface area contributed by atoms with Gasteiger partial charge in [-0.3, -0.25) is 14.4 Å². The van der Waals surface area contributed by atoms with E-state index < -0.39 is 12.0 Å². The highest BCUT2D eigenvalue weighted by Gasteiger charge is 2.21. The highest BCUT2D eigenvalue weighted by Crippen LogP contribution is 2.21. The Kier molecular flexibility index (Phi) is 4.57. The van der Waals surface area contributed by atoms with E-state index in [0.29, 0.717) is 6.42 Å². The number of hydrogen-bond donors (Lipinski definition) is 2. The molecule has 2 amide bonds. The Labute approximate surface area is 122 Å². The van der Waals surface area contributed by atoms with Crippen molar-refractivity contribution in [1.82, 2.24) is 5.32 Å². The van der Waals surface area contributed by atoms with Crippen LogP contribution < -0.4 is 10.2 Å². The Balaban J connectivity index is 1.95. The van der Waals surface area contributed by atoms with Gasteiger partial charge >= 0.3 is 5.97 Å². The van der Waals surface area contributed by atoms with Gasteiger partial charge in [-0.05, 0) is 31.0 Å². The average molecular weight is 290 g/mol. The minimum absolute atomic E-state index is 0.117. The lowest BCUT2D eigenvalue weighted by atomic mass is 10.1. The van der Waals surface area contributed by atoms with Gasteiger partial charge in [-0.2, -0.15) is 0 Å². The van der Waals surface area contributed by atoms with Crippen molar-refractivity contribution in [3.63, 3.8) is 0 Å². The molecule has 112 valence electrons. The van der Waals surface area contributed by atoms with Crippen LogP contribution >= 0.6 is 0 Å². The molecular formula is C15H18N2O4. The second-order valence-electron chi connectivity index (χ2n) is 5.12.